The molecule has 3 heterocycles. The largest absolute Gasteiger partial charge is 0.507 e. The molecule has 0 spiro atoms. The molecule has 8 rings (SSSR count). The number of piperidine rings is 1. The SMILES string of the molecule is COCC1=C2[C@@H](CC/C(=C/c3ccc(O)c4ccccc34)c3ccccc3)OC[C@@H]2[C@@H]2C(=O)N(C3CCN(Cc4ccccc4)CC3)C(=O)[C@@H]2C1. The maximum absolute atomic E-state index is 14.3. The van der Waals surface area contributed by atoms with Crippen LogP contribution in [0.25, 0.3) is 22.4 Å². The standard InChI is InChI=1S/C44H46N2O5/c1-50-27-33-25-37-42(44(49)46(43(37)48)34-20-22-45(23-21-34)26-29-10-4-2-5-11-29)38-28-51-40(41(33)38)19-17-31(30-12-6-3-7-13-30)24-32-16-18-39(47)36-15-9-8-14-35(32)36/h2-16,18,24,34,37-38,40,42,47H,17,19-23,25-28H2,1H3/b31-24-/t37-,38+,40-,42-/m1/s1. The zero-order chi connectivity index (χ0) is 34.9. The van der Waals surface area contributed by atoms with Crippen molar-refractivity contribution in [3.8, 4) is 5.75 Å². The van der Waals surface area contributed by atoms with Gasteiger partial charge in [0.1, 0.15) is 5.75 Å². The number of nitrogens with zero attached hydrogens (tertiary/aromatic N) is 2. The minimum Gasteiger partial charge on any atom is -0.507 e. The van der Waals surface area contributed by atoms with E-state index in [1.807, 2.05) is 42.5 Å². The minimum absolute atomic E-state index is 0.00111. The summed E-state index contributed by atoms with van der Waals surface area (Å²) in [7, 11) is 1.70. The lowest BCUT2D eigenvalue weighted by molar-refractivity contribution is -0.144. The van der Waals surface area contributed by atoms with Gasteiger partial charge in [0.15, 0.2) is 0 Å². The van der Waals surface area contributed by atoms with E-state index in [0.717, 1.165) is 72.8 Å². The van der Waals surface area contributed by atoms with Crippen molar-refractivity contribution >= 4 is 34.2 Å². The molecule has 4 aliphatic rings. The van der Waals surface area contributed by atoms with Crippen LogP contribution in [0.2, 0.25) is 0 Å². The number of aromatic hydroxyl groups is 1. The van der Waals surface area contributed by atoms with E-state index in [2.05, 4.69) is 59.5 Å². The highest BCUT2D eigenvalue weighted by atomic mass is 16.5. The molecule has 7 nitrogen and oxygen atoms in total. The van der Waals surface area contributed by atoms with Crippen molar-refractivity contribution < 1.29 is 24.2 Å². The Morgan fingerprint density at radius 2 is 1.57 bits per heavy atom. The highest BCUT2D eigenvalue weighted by Crippen LogP contribution is 2.51. The number of hydrogen-bond donors (Lipinski definition) is 1. The molecule has 0 bridgehead atoms. The number of phenolic OH excluding ortho intramolecular Hbond substituents is 1. The number of fused-ring (bicyclic) bond motifs is 4. The van der Waals surface area contributed by atoms with Gasteiger partial charge < -0.3 is 14.6 Å². The fourth-order valence-electron chi connectivity index (χ4n) is 9.20. The van der Waals surface area contributed by atoms with Gasteiger partial charge in [0.2, 0.25) is 11.8 Å². The highest BCUT2D eigenvalue weighted by molar-refractivity contribution is 6.06. The maximum Gasteiger partial charge on any atom is 0.234 e. The Labute approximate surface area is 300 Å². The van der Waals surface area contributed by atoms with E-state index < -0.39 is 0 Å². The van der Waals surface area contributed by atoms with Gasteiger partial charge in [-0.2, -0.15) is 0 Å². The summed E-state index contributed by atoms with van der Waals surface area (Å²) < 4.78 is 12.3. The van der Waals surface area contributed by atoms with Gasteiger partial charge in [0.05, 0.1) is 31.2 Å². The summed E-state index contributed by atoms with van der Waals surface area (Å²) in [4.78, 5) is 32.4. The van der Waals surface area contributed by atoms with Crippen LogP contribution in [0.3, 0.4) is 0 Å². The third-order valence-corrected chi connectivity index (χ3v) is 11.6. The first-order chi connectivity index (χ1) is 25.0. The lowest BCUT2D eigenvalue weighted by Gasteiger charge is -2.36. The van der Waals surface area contributed by atoms with Crippen LogP contribution in [-0.2, 0) is 25.6 Å². The molecule has 3 saturated heterocycles. The number of carbonyl (C=O) groups excluding carboxylic acids is 2. The number of ether oxygens (including phenoxy) is 2. The number of carbonyl (C=O) groups is 2. The van der Waals surface area contributed by atoms with Crippen molar-refractivity contribution in [3.05, 3.63) is 125 Å². The number of likely N-dealkylation sites (tertiary alicyclic amines) is 2. The topological polar surface area (TPSA) is 79.3 Å². The second-order valence-electron chi connectivity index (χ2n) is 14.6. The minimum atomic E-state index is -0.368. The smallest absolute Gasteiger partial charge is 0.234 e. The van der Waals surface area contributed by atoms with E-state index in [1.54, 1.807) is 18.1 Å². The Balaban J connectivity index is 1.01. The maximum atomic E-state index is 14.3. The molecular weight excluding hydrogens is 636 g/mol. The fraction of sp³-hybridized carbons (Fsp3) is 0.364. The summed E-state index contributed by atoms with van der Waals surface area (Å²) in [5.74, 6) is -0.549. The summed E-state index contributed by atoms with van der Waals surface area (Å²) in [6.45, 7) is 3.52. The number of methoxy groups -OCH3 is 1. The number of phenols is 1. The molecule has 262 valence electrons. The molecule has 51 heavy (non-hydrogen) atoms. The van der Waals surface area contributed by atoms with Crippen molar-refractivity contribution in [2.75, 3.05) is 33.4 Å². The van der Waals surface area contributed by atoms with Crippen LogP contribution in [0.4, 0.5) is 0 Å². The average molecular weight is 683 g/mol. The summed E-state index contributed by atoms with van der Waals surface area (Å²) in [6, 6.07) is 32.5. The molecule has 0 aromatic heterocycles. The third kappa shape index (κ3) is 6.55. The molecule has 1 aliphatic carbocycles. The van der Waals surface area contributed by atoms with E-state index >= 15 is 0 Å². The molecule has 4 atom stereocenters. The molecule has 2 amide bonds. The lowest BCUT2D eigenvalue weighted by atomic mass is 9.69. The van der Waals surface area contributed by atoms with Crippen LogP contribution in [0.5, 0.6) is 5.75 Å². The Morgan fingerprint density at radius 1 is 0.863 bits per heavy atom. The van der Waals surface area contributed by atoms with Crippen LogP contribution < -0.4 is 0 Å². The first-order valence-corrected chi connectivity index (χ1v) is 18.4. The van der Waals surface area contributed by atoms with E-state index in [4.69, 9.17) is 9.47 Å². The number of imide groups is 1. The highest BCUT2D eigenvalue weighted by Gasteiger charge is 2.58. The average Bonchev–Trinajstić information content (AvgIpc) is 3.70. The van der Waals surface area contributed by atoms with Crippen molar-refractivity contribution in [1.29, 1.82) is 0 Å². The Kier molecular flexibility index (Phi) is 9.60. The Bertz CT molecular complexity index is 1960. The molecule has 4 aromatic rings. The van der Waals surface area contributed by atoms with Crippen molar-refractivity contribution in [2.45, 2.75) is 50.8 Å². The van der Waals surface area contributed by atoms with Gasteiger partial charge in [0.25, 0.3) is 0 Å². The number of allylic oxidation sites excluding steroid dienone is 1. The lowest BCUT2D eigenvalue weighted by Crippen LogP contribution is -2.47. The van der Waals surface area contributed by atoms with Crippen LogP contribution >= 0.6 is 0 Å². The van der Waals surface area contributed by atoms with E-state index in [9.17, 15) is 14.7 Å². The molecule has 4 aromatic carbocycles. The zero-order valence-electron chi connectivity index (χ0n) is 29.2. The normalized spacial score (nSPS) is 24.4. The van der Waals surface area contributed by atoms with E-state index in [1.165, 1.54) is 16.7 Å². The molecule has 7 heteroatoms. The van der Waals surface area contributed by atoms with Crippen molar-refractivity contribution in [3.63, 3.8) is 0 Å². The fourth-order valence-corrected chi connectivity index (χ4v) is 9.20. The van der Waals surface area contributed by atoms with Gasteiger partial charge in [-0.25, -0.2) is 0 Å². The quantitative estimate of drug-likeness (QED) is 0.106. The molecule has 0 saturated carbocycles. The number of amides is 2. The second-order valence-corrected chi connectivity index (χ2v) is 14.6. The summed E-state index contributed by atoms with van der Waals surface area (Å²) in [6.07, 6.45) is 5.76. The summed E-state index contributed by atoms with van der Waals surface area (Å²) in [5, 5.41) is 12.4. The Hall–Kier alpha value is -4.56. The number of benzene rings is 4. The van der Waals surface area contributed by atoms with Gasteiger partial charge in [0, 0.05) is 44.1 Å². The van der Waals surface area contributed by atoms with Crippen LogP contribution in [0.15, 0.2) is 108 Å². The summed E-state index contributed by atoms with van der Waals surface area (Å²) >= 11 is 0. The Morgan fingerprint density at radius 3 is 2.31 bits per heavy atom. The van der Waals surface area contributed by atoms with Crippen LogP contribution in [-0.4, -0.2) is 72.3 Å². The first kappa shape index (κ1) is 33.6. The summed E-state index contributed by atoms with van der Waals surface area (Å²) in [5.41, 5.74) is 6.96. The van der Waals surface area contributed by atoms with Crippen LogP contribution in [0.1, 0.15) is 48.8 Å². The first-order valence-electron chi connectivity index (χ1n) is 18.4. The van der Waals surface area contributed by atoms with Gasteiger partial charge in [-0.1, -0.05) is 97.1 Å². The van der Waals surface area contributed by atoms with E-state index in [0.29, 0.717) is 19.6 Å². The second kappa shape index (κ2) is 14.6. The predicted molar refractivity (Wildman–Crippen MR) is 199 cm³/mol. The van der Waals surface area contributed by atoms with E-state index in [-0.39, 0.29) is 47.5 Å². The van der Waals surface area contributed by atoms with Gasteiger partial charge in [-0.3, -0.25) is 19.4 Å². The molecular formula is C44H46N2O5. The van der Waals surface area contributed by atoms with Gasteiger partial charge in [-0.15, -0.1) is 0 Å². The molecule has 0 unspecified atom stereocenters. The van der Waals surface area contributed by atoms with Crippen molar-refractivity contribution in [2.24, 2.45) is 17.8 Å². The number of rotatable bonds is 10. The molecule has 0 radical (unpaired) electrons. The monoisotopic (exact) mass is 682 g/mol. The van der Waals surface area contributed by atoms with Gasteiger partial charge >= 0.3 is 0 Å². The number of hydrogen-bond acceptors (Lipinski definition) is 6. The third-order valence-electron chi connectivity index (χ3n) is 11.6. The zero-order valence-corrected chi connectivity index (χ0v) is 29.2. The van der Waals surface area contributed by atoms with Crippen LogP contribution in [0, 0.1) is 17.8 Å². The molecule has 3 fully saturated rings. The predicted octanol–water partition coefficient (Wildman–Crippen LogP) is 7.49. The molecule has 1 N–H and O–H groups in total. The van der Waals surface area contributed by atoms with Gasteiger partial charge in [-0.05, 0) is 77.0 Å². The molecule has 3 aliphatic heterocycles. The van der Waals surface area contributed by atoms with Crippen molar-refractivity contribution in [1.82, 2.24) is 9.80 Å².